The SMILES string of the molecule is CC.CC(Cc1ccccc1)N(C)CC1CCN(C)CC1.CNC=S(=O)=O. The molecule has 1 aromatic rings. The van der Waals surface area contributed by atoms with Crippen molar-refractivity contribution < 1.29 is 8.42 Å². The van der Waals surface area contributed by atoms with Crippen LogP contribution in [0.3, 0.4) is 0 Å². The van der Waals surface area contributed by atoms with Crippen molar-refractivity contribution >= 4 is 15.8 Å². The lowest BCUT2D eigenvalue weighted by Gasteiger charge is -2.34. The van der Waals surface area contributed by atoms with E-state index < -0.39 is 10.3 Å². The van der Waals surface area contributed by atoms with Crippen LogP contribution >= 0.6 is 0 Å². The van der Waals surface area contributed by atoms with Crippen molar-refractivity contribution in [3.8, 4) is 0 Å². The van der Waals surface area contributed by atoms with Crippen molar-refractivity contribution in [3.05, 3.63) is 35.9 Å². The maximum absolute atomic E-state index is 9.48. The van der Waals surface area contributed by atoms with E-state index >= 15 is 0 Å². The van der Waals surface area contributed by atoms with Gasteiger partial charge in [0.15, 0.2) is 0 Å². The molecule has 27 heavy (non-hydrogen) atoms. The minimum Gasteiger partial charge on any atom is -0.306 e. The normalized spacial score (nSPS) is 15.8. The third-order valence-corrected chi connectivity index (χ3v) is 5.15. The van der Waals surface area contributed by atoms with Crippen LogP contribution in [0.25, 0.3) is 0 Å². The highest BCUT2D eigenvalue weighted by molar-refractivity contribution is 7.71. The fourth-order valence-corrected chi connectivity index (χ4v) is 3.23. The zero-order chi connectivity index (χ0) is 20.7. The molecule has 1 fully saturated rings. The summed E-state index contributed by atoms with van der Waals surface area (Å²) < 4.78 is 19.0. The Labute approximate surface area is 168 Å². The van der Waals surface area contributed by atoms with Crippen molar-refractivity contribution in [3.63, 3.8) is 0 Å². The van der Waals surface area contributed by atoms with Crippen LogP contribution < -0.4 is 5.32 Å². The summed E-state index contributed by atoms with van der Waals surface area (Å²) in [4.78, 5) is 4.99. The first-order valence-corrected chi connectivity index (χ1v) is 11.1. The van der Waals surface area contributed by atoms with Crippen molar-refractivity contribution in [1.82, 2.24) is 15.1 Å². The number of nitrogens with zero attached hydrogens (tertiary/aromatic N) is 2. The molecule has 1 aromatic carbocycles. The van der Waals surface area contributed by atoms with Crippen LogP contribution in [0.5, 0.6) is 0 Å². The number of hydrogen-bond donors (Lipinski definition) is 1. The average molecular weight is 398 g/mol. The maximum atomic E-state index is 9.48. The highest BCUT2D eigenvalue weighted by atomic mass is 32.2. The number of likely N-dealkylation sites (N-methyl/N-ethyl adjacent to an activating group) is 1. The molecule has 0 radical (unpaired) electrons. The molecule has 1 saturated heterocycles. The Morgan fingerprint density at radius 1 is 1.22 bits per heavy atom. The van der Waals surface area contributed by atoms with Crippen LogP contribution in [0.4, 0.5) is 0 Å². The first-order valence-electron chi connectivity index (χ1n) is 9.93. The summed E-state index contributed by atoms with van der Waals surface area (Å²) in [5, 5.41) is 2.33. The summed E-state index contributed by atoms with van der Waals surface area (Å²) in [6, 6.07) is 11.5. The summed E-state index contributed by atoms with van der Waals surface area (Å²) in [7, 11) is 3.99. The standard InChI is InChI=1S/C17H28N2.C2H5NO2S.C2H6/c1-15(13-16-7-5-4-6-8-16)19(3)14-17-9-11-18(2)12-10-17;1-3-2-6(4)5;1-2/h4-8,15,17H,9-14H2,1-3H3;2-3H,1H3;1-2H3. The monoisotopic (exact) mass is 397 g/mol. The molecule has 0 saturated carbocycles. The molecule has 2 rings (SSSR count). The van der Waals surface area contributed by atoms with Gasteiger partial charge in [-0.05, 0) is 71.9 Å². The lowest BCUT2D eigenvalue weighted by atomic mass is 9.95. The Balaban J connectivity index is 0.000000722. The predicted octanol–water partition coefficient (Wildman–Crippen LogP) is 2.76. The second-order valence-electron chi connectivity index (χ2n) is 6.89. The fraction of sp³-hybridized carbons (Fsp3) is 0.667. The largest absolute Gasteiger partial charge is 0.306 e. The minimum absolute atomic E-state index is 0.627. The molecule has 156 valence electrons. The summed E-state index contributed by atoms with van der Waals surface area (Å²) in [5.74, 6) is 0.888. The van der Waals surface area contributed by atoms with Gasteiger partial charge in [-0.1, -0.05) is 44.2 Å². The van der Waals surface area contributed by atoms with Gasteiger partial charge < -0.3 is 9.80 Å². The molecule has 1 atom stereocenters. The van der Waals surface area contributed by atoms with Crippen molar-refractivity contribution in [2.24, 2.45) is 5.92 Å². The molecular weight excluding hydrogens is 358 g/mol. The molecule has 0 bridgehead atoms. The third kappa shape index (κ3) is 12.7. The van der Waals surface area contributed by atoms with E-state index in [2.05, 4.69) is 66.5 Å². The highest BCUT2D eigenvalue weighted by Crippen LogP contribution is 2.18. The summed E-state index contributed by atoms with van der Waals surface area (Å²) in [6.45, 7) is 10.1. The number of nitrogens with one attached hydrogen (secondary N) is 1. The van der Waals surface area contributed by atoms with Gasteiger partial charge in [0.05, 0.1) is 5.49 Å². The van der Waals surface area contributed by atoms with E-state index in [-0.39, 0.29) is 0 Å². The first-order chi connectivity index (χ1) is 12.9. The molecule has 1 heterocycles. The Morgan fingerprint density at radius 3 is 2.22 bits per heavy atom. The number of piperidine rings is 1. The van der Waals surface area contributed by atoms with E-state index in [9.17, 15) is 8.42 Å². The van der Waals surface area contributed by atoms with Gasteiger partial charge in [0, 0.05) is 12.6 Å². The van der Waals surface area contributed by atoms with Crippen LogP contribution in [-0.4, -0.2) is 70.5 Å². The van der Waals surface area contributed by atoms with Crippen LogP contribution in [0, 0.1) is 5.92 Å². The second-order valence-corrected chi connectivity index (χ2v) is 7.65. The molecule has 1 aliphatic heterocycles. The maximum Gasteiger partial charge on any atom is 0.224 e. The smallest absolute Gasteiger partial charge is 0.224 e. The zero-order valence-electron chi connectivity index (χ0n) is 18.0. The number of likely N-dealkylation sites (tertiary alicyclic amines) is 1. The van der Waals surface area contributed by atoms with E-state index in [0.29, 0.717) is 6.04 Å². The Hall–Kier alpha value is -1.21. The van der Waals surface area contributed by atoms with Gasteiger partial charge in [0.2, 0.25) is 10.3 Å². The van der Waals surface area contributed by atoms with Crippen LogP contribution in [0.15, 0.2) is 30.3 Å². The molecule has 0 aromatic heterocycles. The van der Waals surface area contributed by atoms with E-state index in [0.717, 1.165) is 17.8 Å². The predicted molar refractivity (Wildman–Crippen MR) is 118 cm³/mol. The Morgan fingerprint density at radius 2 is 1.78 bits per heavy atom. The van der Waals surface area contributed by atoms with Crippen LogP contribution in [-0.2, 0) is 16.7 Å². The van der Waals surface area contributed by atoms with Gasteiger partial charge in [-0.2, -0.15) is 8.42 Å². The topological polar surface area (TPSA) is 52.6 Å². The summed E-state index contributed by atoms with van der Waals surface area (Å²) >= 11 is 0. The molecule has 0 amide bonds. The van der Waals surface area contributed by atoms with Crippen LogP contribution in [0.1, 0.15) is 39.2 Å². The van der Waals surface area contributed by atoms with Gasteiger partial charge in [-0.15, -0.1) is 0 Å². The Bertz CT molecular complexity index is 589. The van der Waals surface area contributed by atoms with Crippen molar-refractivity contribution in [1.29, 1.82) is 0 Å². The minimum atomic E-state index is -2.05. The third-order valence-electron chi connectivity index (χ3n) is 4.72. The highest BCUT2D eigenvalue weighted by Gasteiger charge is 2.20. The molecule has 6 heteroatoms. The molecule has 1 aliphatic rings. The van der Waals surface area contributed by atoms with E-state index in [4.69, 9.17) is 0 Å². The molecule has 5 nitrogen and oxygen atoms in total. The quantitative estimate of drug-likeness (QED) is 0.748. The Kier molecular flexibility index (Phi) is 15.1. The first kappa shape index (κ1) is 25.8. The van der Waals surface area contributed by atoms with Gasteiger partial charge >= 0.3 is 0 Å². The van der Waals surface area contributed by atoms with E-state index in [1.807, 2.05) is 13.8 Å². The summed E-state index contributed by atoms with van der Waals surface area (Å²) in [6.07, 6.45) is 3.88. The number of hydrogen-bond acceptors (Lipinski definition) is 4. The average Bonchev–Trinajstić information content (AvgIpc) is 2.66. The second kappa shape index (κ2) is 15.8. The molecule has 1 unspecified atom stereocenters. The number of rotatable bonds is 6. The number of benzene rings is 1. The van der Waals surface area contributed by atoms with Crippen molar-refractivity contribution in [2.45, 2.75) is 46.1 Å². The van der Waals surface area contributed by atoms with Gasteiger partial charge in [0.1, 0.15) is 0 Å². The summed E-state index contributed by atoms with van der Waals surface area (Å²) in [5.41, 5.74) is 2.41. The molecule has 0 aliphatic carbocycles. The van der Waals surface area contributed by atoms with Crippen LogP contribution in [0.2, 0.25) is 0 Å². The molecule has 1 N–H and O–H groups in total. The lowest BCUT2D eigenvalue weighted by molar-refractivity contribution is 0.154. The van der Waals surface area contributed by atoms with Gasteiger partial charge in [-0.25, -0.2) is 0 Å². The zero-order valence-corrected chi connectivity index (χ0v) is 18.8. The molecule has 0 spiro atoms. The lowest BCUT2D eigenvalue weighted by Crippen LogP contribution is -2.39. The van der Waals surface area contributed by atoms with Gasteiger partial charge in [0.25, 0.3) is 0 Å². The molecular formula is C21H39N3O2S. The van der Waals surface area contributed by atoms with Crippen molar-refractivity contribution in [2.75, 3.05) is 40.8 Å². The van der Waals surface area contributed by atoms with Gasteiger partial charge in [-0.3, -0.25) is 5.32 Å². The van der Waals surface area contributed by atoms with E-state index in [1.165, 1.54) is 45.1 Å². The van der Waals surface area contributed by atoms with E-state index in [1.54, 1.807) is 0 Å². The fourth-order valence-electron chi connectivity index (χ4n) is 3.04.